The monoisotopic (exact) mass is 441 g/mol. The van der Waals surface area contributed by atoms with E-state index >= 15 is 0 Å². The van der Waals surface area contributed by atoms with Crippen LogP contribution in [0, 0.1) is 5.82 Å². The number of halogens is 1. The number of rotatable bonds is 9. The Morgan fingerprint density at radius 3 is 2.35 bits per heavy atom. The number of nitrogens with one attached hydrogen (secondary N) is 2. The number of nitrogens with zero attached hydrogens (tertiary/aromatic N) is 1. The second kappa shape index (κ2) is 10.1. The summed E-state index contributed by atoms with van der Waals surface area (Å²) >= 11 is 0. The SMILES string of the molecule is CN(CCCNc1ccccc1)C(=O)c1cccc(S(=O)(=O)Nc2ccc(F)cc2)c1. The predicted molar refractivity (Wildman–Crippen MR) is 120 cm³/mol. The summed E-state index contributed by atoms with van der Waals surface area (Å²) in [7, 11) is -2.23. The van der Waals surface area contributed by atoms with Crippen molar-refractivity contribution >= 4 is 27.3 Å². The molecule has 31 heavy (non-hydrogen) atoms. The number of sulfonamides is 1. The molecule has 3 aromatic carbocycles. The number of benzene rings is 3. The van der Waals surface area contributed by atoms with Gasteiger partial charge in [-0.15, -0.1) is 0 Å². The number of para-hydroxylation sites is 1. The zero-order chi connectivity index (χ0) is 22.3. The first kappa shape index (κ1) is 22.3. The summed E-state index contributed by atoms with van der Waals surface area (Å²) < 4.78 is 40.7. The molecule has 0 saturated heterocycles. The minimum atomic E-state index is -3.91. The van der Waals surface area contributed by atoms with E-state index in [1.54, 1.807) is 18.0 Å². The van der Waals surface area contributed by atoms with Crippen molar-refractivity contribution in [2.24, 2.45) is 0 Å². The molecule has 0 fully saturated rings. The Kier molecular flexibility index (Phi) is 7.25. The molecule has 0 spiro atoms. The van der Waals surface area contributed by atoms with Gasteiger partial charge in [-0.3, -0.25) is 9.52 Å². The van der Waals surface area contributed by atoms with Crippen molar-refractivity contribution in [1.82, 2.24) is 4.90 Å². The van der Waals surface area contributed by atoms with Crippen LogP contribution in [-0.4, -0.2) is 39.4 Å². The number of amides is 1. The molecule has 3 rings (SSSR count). The van der Waals surface area contributed by atoms with E-state index in [1.165, 1.54) is 42.5 Å². The summed E-state index contributed by atoms with van der Waals surface area (Å²) in [5.41, 5.74) is 1.53. The van der Waals surface area contributed by atoms with Crippen molar-refractivity contribution in [3.63, 3.8) is 0 Å². The van der Waals surface area contributed by atoms with E-state index in [1.807, 2.05) is 30.3 Å². The molecule has 3 aromatic rings. The third-order valence-corrected chi connectivity index (χ3v) is 5.99. The Morgan fingerprint density at radius 1 is 0.935 bits per heavy atom. The van der Waals surface area contributed by atoms with E-state index in [4.69, 9.17) is 0 Å². The third-order valence-electron chi connectivity index (χ3n) is 4.61. The average molecular weight is 442 g/mol. The highest BCUT2D eigenvalue weighted by molar-refractivity contribution is 7.92. The summed E-state index contributed by atoms with van der Waals surface area (Å²) in [6.07, 6.45) is 0.737. The highest BCUT2D eigenvalue weighted by Gasteiger charge is 2.18. The molecule has 0 unspecified atom stereocenters. The van der Waals surface area contributed by atoms with Crippen molar-refractivity contribution < 1.29 is 17.6 Å². The van der Waals surface area contributed by atoms with Crippen molar-refractivity contribution in [2.75, 3.05) is 30.2 Å². The molecule has 0 radical (unpaired) electrons. The number of hydrogen-bond acceptors (Lipinski definition) is 4. The van der Waals surface area contributed by atoms with Crippen LogP contribution in [0.15, 0.2) is 83.8 Å². The third kappa shape index (κ3) is 6.29. The standard InChI is InChI=1S/C23H24FN3O3S/c1-27(16-6-15-25-20-8-3-2-4-9-20)23(28)18-7-5-10-22(17-18)31(29,30)26-21-13-11-19(24)12-14-21/h2-5,7-14,17,25-26H,6,15-16H2,1H3. The lowest BCUT2D eigenvalue weighted by Crippen LogP contribution is -2.29. The molecule has 6 nitrogen and oxygen atoms in total. The predicted octanol–water partition coefficient (Wildman–Crippen LogP) is 4.20. The van der Waals surface area contributed by atoms with Crippen LogP contribution in [-0.2, 0) is 10.0 Å². The molecule has 162 valence electrons. The van der Waals surface area contributed by atoms with Crippen molar-refractivity contribution in [3.8, 4) is 0 Å². The Balaban J connectivity index is 1.60. The van der Waals surface area contributed by atoms with Gasteiger partial charge in [-0.05, 0) is 61.0 Å². The summed E-state index contributed by atoms with van der Waals surface area (Å²) in [5, 5.41) is 3.29. The molecule has 0 aliphatic rings. The van der Waals surface area contributed by atoms with E-state index < -0.39 is 15.8 Å². The molecule has 0 bridgehead atoms. The summed E-state index contributed by atoms with van der Waals surface area (Å²) in [4.78, 5) is 14.3. The maximum atomic E-state index is 13.0. The first-order valence-electron chi connectivity index (χ1n) is 9.78. The molecule has 0 aromatic heterocycles. The Morgan fingerprint density at radius 2 is 1.65 bits per heavy atom. The summed E-state index contributed by atoms with van der Waals surface area (Å²) in [6.45, 7) is 1.22. The minimum Gasteiger partial charge on any atom is -0.385 e. The van der Waals surface area contributed by atoms with E-state index in [2.05, 4.69) is 10.0 Å². The second-order valence-corrected chi connectivity index (χ2v) is 8.70. The van der Waals surface area contributed by atoms with Crippen LogP contribution in [0.3, 0.4) is 0 Å². The van der Waals surface area contributed by atoms with Crippen molar-refractivity contribution in [3.05, 3.63) is 90.2 Å². The highest BCUT2D eigenvalue weighted by Crippen LogP contribution is 2.18. The van der Waals surface area contributed by atoms with Gasteiger partial charge in [0.1, 0.15) is 5.82 Å². The fourth-order valence-electron chi connectivity index (χ4n) is 2.96. The van der Waals surface area contributed by atoms with Gasteiger partial charge in [-0.25, -0.2) is 12.8 Å². The van der Waals surface area contributed by atoms with Crippen LogP contribution in [0.25, 0.3) is 0 Å². The molecule has 8 heteroatoms. The van der Waals surface area contributed by atoms with Gasteiger partial charge < -0.3 is 10.2 Å². The van der Waals surface area contributed by atoms with E-state index in [0.29, 0.717) is 13.1 Å². The molecule has 1 amide bonds. The van der Waals surface area contributed by atoms with Crippen molar-refractivity contribution in [1.29, 1.82) is 0 Å². The number of anilines is 2. The molecule has 0 heterocycles. The molecule has 0 saturated carbocycles. The number of hydrogen-bond donors (Lipinski definition) is 2. The Bertz CT molecular complexity index is 1120. The first-order chi connectivity index (χ1) is 14.8. The van der Waals surface area contributed by atoms with E-state index in [-0.39, 0.29) is 22.1 Å². The molecular weight excluding hydrogens is 417 g/mol. The van der Waals surface area contributed by atoms with Gasteiger partial charge in [-0.2, -0.15) is 0 Å². The Labute approximate surface area is 181 Å². The number of carbonyl (C=O) groups excluding carboxylic acids is 1. The van der Waals surface area contributed by atoms with Crippen LogP contribution >= 0.6 is 0 Å². The van der Waals surface area contributed by atoms with Crippen molar-refractivity contribution in [2.45, 2.75) is 11.3 Å². The Hall–Kier alpha value is -3.39. The maximum Gasteiger partial charge on any atom is 0.261 e. The lowest BCUT2D eigenvalue weighted by Gasteiger charge is -2.18. The summed E-state index contributed by atoms with van der Waals surface area (Å²) in [5.74, 6) is -0.726. The zero-order valence-electron chi connectivity index (χ0n) is 17.1. The largest absolute Gasteiger partial charge is 0.385 e. The molecule has 0 aliphatic heterocycles. The van der Waals surface area contributed by atoms with Gasteiger partial charge in [-0.1, -0.05) is 24.3 Å². The quantitative estimate of drug-likeness (QED) is 0.488. The van der Waals surface area contributed by atoms with Crippen LogP contribution in [0.2, 0.25) is 0 Å². The van der Waals surface area contributed by atoms with Crippen LogP contribution in [0.4, 0.5) is 15.8 Å². The highest BCUT2D eigenvalue weighted by atomic mass is 32.2. The molecule has 0 atom stereocenters. The van der Waals surface area contributed by atoms with E-state index in [9.17, 15) is 17.6 Å². The smallest absolute Gasteiger partial charge is 0.261 e. The second-order valence-electron chi connectivity index (χ2n) is 7.01. The zero-order valence-corrected chi connectivity index (χ0v) is 17.9. The summed E-state index contributed by atoms with van der Waals surface area (Å²) in [6, 6.07) is 20.6. The van der Waals surface area contributed by atoms with Gasteiger partial charge in [0, 0.05) is 37.1 Å². The molecule has 2 N–H and O–H groups in total. The maximum absolute atomic E-state index is 13.0. The molecular formula is C23H24FN3O3S. The lowest BCUT2D eigenvalue weighted by atomic mass is 10.2. The van der Waals surface area contributed by atoms with Crippen LogP contribution in [0.5, 0.6) is 0 Å². The topological polar surface area (TPSA) is 78.5 Å². The fourth-order valence-corrected chi connectivity index (χ4v) is 4.06. The van der Waals surface area contributed by atoms with E-state index in [0.717, 1.165) is 12.1 Å². The first-order valence-corrected chi connectivity index (χ1v) is 11.3. The van der Waals surface area contributed by atoms with Gasteiger partial charge in [0.05, 0.1) is 4.90 Å². The fraction of sp³-hybridized carbons (Fsp3) is 0.174. The van der Waals surface area contributed by atoms with Crippen LogP contribution in [0.1, 0.15) is 16.8 Å². The van der Waals surface area contributed by atoms with Gasteiger partial charge in [0.15, 0.2) is 0 Å². The average Bonchev–Trinajstić information content (AvgIpc) is 2.78. The normalized spacial score (nSPS) is 11.0. The van der Waals surface area contributed by atoms with Gasteiger partial charge >= 0.3 is 0 Å². The van der Waals surface area contributed by atoms with Gasteiger partial charge in [0.2, 0.25) is 0 Å². The van der Waals surface area contributed by atoms with Gasteiger partial charge in [0.25, 0.3) is 15.9 Å². The minimum absolute atomic E-state index is 0.0400. The van der Waals surface area contributed by atoms with Crippen LogP contribution < -0.4 is 10.0 Å². The number of carbonyl (C=O) groups is 1. The molecule has 0 aliphatic carbocycles. The lowest BCUT2D eigenvalue weighted by molar-refractivity contribution is 0.0794.